The molecule has 4 nitrogen and oxygen atoms in total. The second-order valence-corrected chi connectivity index (χ2v) is 5.01. The first-order valence-electron chi connectivity index (χ1n) is 6.38. The lowest BCUT2D eigenvalue weighted by atomic mass is 10.1. The smallest absolute Gasteiger partial charge is 0.137 e. The molecule has 98 valence electrons. The highest BCUT2D eigenvalue weighted by Gasteiger charge is 2.11. The molecule has 2 rings (SSSR count). The molecule has 0 amide bonds. The third-order valence-electron chi connectivity index (χ3n) is 3.49. The first-order chi connectivity index (χ1) is 8.61. The largest absolute Gasteiger partial charge is 0.396 e. The Morgan fingerprint density at radius 1 is 1.44 bits per heavy atom. The molecule has 0 aliphatic rings. The van der Waals surface area contributed by atoms with Crippen molar-refractivity contribution in [3.8, 4) is 0 Å². The Morgan fingerprint density at radius 3 is 2.94 bits per heavy atom. The number of nitrogens with zero attached hydrogens (tertiary/aromatic N) is 2. The lowest BCUT2D eigenvalue weighted by molar-refractivity contribution is 0.206. The first kappa shape index (κ1) is 13.1. The van der Waals surface area contributed by atoms with Gasteiger partial charge < -0.3 is 14.8 Å². The third-order valence-corrected chi connectivity index (χ3v) is 3.49. The molecular formula is C14H21N3O. The molecule has 0 fully saturated rings. The molecular weight excluding hydrogens is 226 g/mol. The van der Waals surface area contributed by atoms with E-state index in [0.717, 1.165) is 17.9 Å². The number of aliphatic hydroxyl groups is 1. The molecule has 0 bridgehead atoms. The number of imidazole rings is 1. The van der Waals surface area contributed by atoms with Crippen LogP contribution in [0.3, 0.4) is 0 Å². The molecule has 2 atom stereocenters. The van der Waals surface area contributed by atoms with Crippen LogP contribution in [0.15, 0.2) is 24.5 Å². The molecule has 0 aliphatic carbocycles. The van der Waals surface area contributed by atoms with Crippen molar-refractivity contribution in [2.45, 2.75) is 33.4 Å². The van der Waals surface area contributed by atoms with E-state index in [0.29, 0.717) is 0 Å². The molecule has 18 heavy (non-hydrogen) atoms. The van der Waals surface area contributed by atoms with Crippen molar-refractivity contribution in [2.75, 3.05) is 6.61 Å². The zero-order valence-corrected chi connectivity index (χ0v) is 11.2. The Morgan fingerprint density at radius 2 is 2.22 bits per heavy atom. The summed E-state index contributed by atoms with van der Waals surface area (Å²) in [5, 5.41) is 12.5. The molecule has 0 saturated carbocycles. The quantitative estimate of drug-likeness (QED) is 0.846. The number of pyridine rings is 1. The Bertz CT molecular complexity index is 521. The Hall–Kier alpha value is -1.39. The van der Waals surface area contributed by atoms with E-state index < -0.39 is 0 Å². The van der Waals surface area contributed by atoms with E-state index in [2.05, 4.69) is 46.9 Å². The molecule has 2 aromatic heterocycles. The summed E-state index contributed by atoms with van der Waals surface area (Å²) >= 11 is 0. The monoisotopic (exact) mass is 247 g/mol. The zero-order valence-electron chi connectivity index (χ0n) is 11.2. The van der Waals surface area contributed by atoms with Crippen LogP contribution in [0, 0.1) is 12.8 Å². The Labute approximate surface area is 108 Å². The first-order valence-corrected chi connectivity index (χ1v) is 6.38. The van der Waals surface area contributed by atoms with Gasteiger partial charge in [-0.2, -0.15) is 0 Å². The van der Waals surface area contributed by atoms with Crippen molar-refractivity contribution in [3.63, 3.8) is 0 Å². The zero-order chi connectivity index (χ0) is 13.1. The third kappa shape index (κ3) is 2.71. The summed E-state index contributed by atoms with van der Waals surface area (Å²) in [6.45, 7) is 7.16. The number of hydrogen-bond acceptors (Lipinski definition) is 3. The van der Waals surface area contributed by atoms with Crippen LogP contribution >= 0.6 is 0 Å². The van der Waals surface area contributed by atoms with Crippen LogP contribution in [-0.4, -0.2) is 27.1 Å². The Kier molecular flexibility index (Phi) is 3.99. The topological polar surface area (TPSA) is 49.6 Å². The minimum absolute atomic E-state index is 0.209. The normalized spacial score (nSPS) is 14.9. The number of aromatic nitrogens is 2. The fourth-order valence-corrected chi connectivity index (χ4v) is 1.89. The number of aryl methyl sites for hydroxylation is 1. The molecule has 2 heterocycles. The van der Waals surface area contributed by atoms with E-state index in [1.807, 2.05) is 13.1 Å². The van der Waals surface area contributed by atoms with Crippen molar-refractivity contribution < 1.29 is 5.11 Å². The minimum Gasteiger partial charge on any atom is -0.396 e. The average molecular weight is 247 g/mol. The van der Waals surface area contributed by atoms with Crippen LogP contribution in [0.1, 0.15) is 25.1 Å². The van der Waals surface area contributed by atoms with Gasteiger partial charge in [-0.25, -0.2) is 4.98 Å². The van der Waals surface area contributed by atoms with Crippen LogP contribution in [0.4, 0.5) is 0 Å². The highest BCUT2D eigenvalue weighted by molar-refractivity contribution is 5.42. The Balaban J connectivity index is 2.08. The molecule has 2 unspecified atom stereocenters. The molecule has 2 aromatic rings. The number of hydrogen-bond donors (Lipinski definition) is 2. The molecule has 4 heteroatoms. The van der Waals surface area contributed by atoms with E-state index in [4.69, 9.17) is 5.11 Å². The second-order valence-electron chi connectivity index (χ2n) is 5.01. The summed E-state index contributed by atoms with van der Waals surface area (Å²) in [4.78, 5) is 4.40. The van der Waals surface area contributed by atoms with Crippen LogP contribution in [0.25, 0.3) is 5.65 Å². The van der Waals surface area contributed by atoms with Gasteiger partial charge in [0.25, 0.3) is 0 Å². The molecule has 0 aliphatic heterocycles. The van der Waals surface area contributed by atoms with Gasteiger partial charge in [-0.05, 0) is 37.5 Å². The van der Waals surface area contributed by atoms with E-state index in [1.54, 1.807) is 0 Å². The van der Waals surface area contributed by atoms with Crippen molar-refractivity contribution in [3.05, 3.63) is 35.8 Å². The standard InChI is InChI=1S/C14H21N3O/c1-10-4-5-17-13(8-16-14(17)6-10)7-15-12(3)11(2)9-18/h4-6,8,11-12,15,18H,7,9H2,1-3H3. The summed E-state index contributed by atoms with van der Waals surface area (Å²) in [7, 11) is 0. The van der Waals surface area contributed by atoms with Gasteiger partial charge in [0.1, 0.15) is 5.65 Å². The molecule has 0 aromatic carbocycles. The van der Waals surface area contributed by atoms with Gasteiger partial charge in [-0.3, -0.25) is 0 Å². The van der Waals surface area contributed by atoms with Crippen molar-refractivity contribution >= 4 is 5.65 Å². The number of fused-ring (bicyclic) bond motifs is 1. The molecule has 0 saturated heterocycles. The highest BCUT2D eigenvalue weighted by Crippen LogP contribution is 2.09. The molecule has 0 spiro atoms. The van der Waals surface area contributed by atoms with Gasteiger partial charge in [-0.1, -0.05) is 6.92 Å². The SMILES string of the molecule is Cc1ccn2c(CNC(C)C(C)CO)cnc2c1. The van der Waals surface area contributed by atoms with Gasteiger partial charge >= 0.3 is 0 Å². The average Bonchev–Trinajstić information content (AvgIpc) is 2.77. The minimum atomic E-state index is 0.209. The molecule has 0 radical (unpaired) electrons. The van der Waals surface area contributed by atoms with Crippen molar-refractivity contribution in [1.29, 1.82) is 0 Å². The van der Waals surface area contributed by atoms with Gasteiger partial charge in [-0.15, -0.1) is 0 Å². The van der Waals surface area contributed by atoms with Crippen LogP contribution < -0.4 is 5.32 Å². The number of nitrogens with one attached hydrogen (secondary N) is 1. The predicted molar refractivity (Wildman–Crippen MR) is 72.5 cm³/mol. The second kappa shape index (κ2) is 5.50. The van der Waals surface area contributed by atoms with Crippen LogP contribution in [-0.2, 0) is 6.54 Å². The summed E-state index contributed by atoms with van der Waals surface area (Å²) < 4.78 is 2.09. The summed E-state index contributed by atoms with van der Waals surface area (Å²) in [6.07, 6.45) is 3.95. The predicted octanol–water partition coefficient (Wildman–Crippen LogP) is 1.75. The summed E-state index contributed by atoms with van der Waals surface area (Å²) in [5.74, 6) is 0.256. The fourth-order valence-electron chi connectivity index (χ4n) is 1.89. The van der Waals surface area contributed by atoms with Crippen molar-refractivity contribution in [2.24, 2.45) is 5.92 Å². The van der Waals surface area contributed by atoms with E-state index in [9.17, 15) is 0 Å². The lowest BCUT2D eigenvalue weighted by Crippen LogP contribution is -2.33. The van der Waals surface area contributed by atoms with Gasteiger partial charge in [0.15, 0.2) is 0 Å². The van der Waals surface area contributed by atoms with Gasteiger partial charge in [0.05, 0.1) is 11.9 Å². The van der Waals surface area contributed by atoms with Crippen LogP contribution in [0.5, 0.6) is 0 Å². The lowest BCUT2D eigenvalue weighted by Gasteiger charge is -2.19. The number of rotatable bonds is 5. The van der Waals surface area contributed by atoms with Gasteiger partial charge in [0.2, 0.25) is 0 Å². The van der Waals surface area contributed by atoms with E-state index in [1.165, 1.54) is 5.56 Å². The maximum Gasteiger partial charge on any atom is 0.137 e. The summed E-state index contributed by atoms with van der Waals surface area (Å²) in [6, 6.07) is 4.44. The summed E-state index contributed by atoms with van der Waals surface area (Å²) in [5.41, 5.74) is 3.34. The highest BCUT2D eigenvalue weighted by atomic mass is 16.3. The van der Waals surface area contributed by atoms with Crippen LogP contribution in [0.2, 0.25) is 0 Å². The molecule has 2 N–H and O–H groups in total. The maximum atomic E-state index is 9.11. The van der Waals surface area contributed by atoms with E-state index >= 15 is 0 Å². The van der Waals surface area contributed by atoms with E-state index in [-0.39, 0.29) is 18.6 Å². The van der Waals surface area contributed by atoms with Gasteiger partial charge in [0, 0.05) is 25.4 Å². The maximum absolute atomic E-state index is 9.11. The fraction of sp³-hybridized carbons (Fsp3) is 0.500. The number of aliphatic hydroxyl groups excluding tert-OH is 1. The van der Waals surface area contributed by atoms with Crippen molar-refractivity contribution in [1.82, 2.24) is 14.7 Å².